The molecule has 0 bridgehead atoms. The van der Waals surface area contributed by atoms with Crippen LogP contribution in [0.4, 0.5) is 0 Å². The average molecular weight is 219 g/mol. The summed E-state index contributed by atoms with van der Waals surface area (Å²) >= 11 is 1.68. The van der Waals surface area contributed by atoms with Gasteiger partial charge < -0.3 is 5.73 Å². The van der Waals surface area contributed by atoms with E-state index in [1.165, 1.54) is 0 Å². The number of nitrogens with two attached hydrogens (primary N) is 1. The van der Waals surface area contributed by atoms with Gasteiger partial charge >= 0.3 is 0 Å². The minimum absolute atomic E-state index is 0.647. The van der Waals surface area contributed by atoms with E-state index in [-0.39, 0.29) is 0 Å². The van der Waals surface area contributed by atoms with Crippen LogP contribution in [0, 0.1) is 6.92 Å². The number of hydrogen-bond acceptors (Lipinski definition) is 4. The molecule has 0 spiro atoms. The van der Waals surface area contributed by atoms with Crippen molar-refractivity contribution in [2.24, 2.45) is 5.73 Å². The first kappa shape index (κ1) is 10.3. The minimum atomic E-state index is 0.647. The molecule has 4 heteroatoms. The lowest BCUT2D eigenvalue weighted by molar-refractivity contribution is 0.945. The highest BCUT2D eigenvalue weighted by atomic mass is 32.1. The normalized spacial score (nSPS) is 10.5. The second kappa shape index (κ2) is 4.51. The zero-order valence-electron chi connectivity index (χ0n) is 8.60. The molecular formula is C11H13N3S. The Bertz CT molecular complexity index is 436. The van der Waals surface area contributed by atoms with Crippen molar-refractivity contribution in [1.82, 2.24) is 9.97 Å². The van der Waals surface area contributed by atoms with Gasteiger partial charge in [-0.15, -0.1) is 11.3 Å². The molecule has 0 aliphatic carbocycles. The fourth-order valence-electron chi connectivity index (χ4n) is 1.42. The molecule has 0 fully saturated rings. The van der Waals surface area contributed by atoms with E-state index in [0.29, 0.717) is 6.54 Å². The number of aryl methyl sites for hydroxylation is 1. The van der Waals surface area contributed by atoms with Crippen LogP contribution in [0.2, 0.25) is 0 Å². The van der Waals surface area contributed by atoms with E-state index in [1.807, 2.05) is 25.1 Å². The number of thiazole rings is 1. The molecule has 2 aromatic heterocycles. The molecule has 3 nitrogen and oxygen atoms in total. The highest BCUT2D eigenvalue weighted by molar-refractivity contribution is 7.15. The van der Waals surface area contributed by atoms with Crippen molar-refractivity contribution in [3.05, 3.63) is 35.1 Å². The highest BCUT2D eigenvalue weighted by Gasteiger charge is 2.09. The van der Waals surface area contributed by atoms with E-state index < -0.39 is 0 Å². The fourth-order valence-corrected chi connectivity index (χ4v) is 2.47. The van der Waals surface area contributed by atoms with E-state index >= 15 is 0 Å². The number of rotatable bonds is 3. The molecule has 2 aromatic rings. The van der Waals surface area contributed by atoms with Gasteiger partial charge in [-0.25, -0.2) is 4.98 Å². The maximum absolute atomic E-state index is 5.51. The van der Waals surface area contributed by atoms with Crippen molar-refractivity contribution in [1.29, 1.82) is 0 Å². The molecule has 2 N–H and O–H groups in total. The standard InChI is InChI=1S/C11H13N3S/c1-8-11(9-4-2-3-7-13-9)15-10(14-8)5-6-12/h2-4,7H,5-6,12H2,1H3. The van der Waals surface area contributed by atoms with Gasteiger partial charge in [-0.05, 0) is 25.6 Å². The third kappa shape index (κ3) is 2.22. The van der Waals surface area contributed by atoms with Crippen molar-refractivity contribution in [2.75, 3.05) is 6.54 Å². The molecule has 0 aliphatic heterocycles. The predicted octanol–water partition coefficient (Wildman–Crippen LogP) is 2.01. The molecule has 0 saturated heterocycles. The SMILES string of the molecule is Cc1nc(CCN)sc1-c1ccccn1. The summed E-state index contributed by atoms with van der Waals surface area (Å²) in [6.07, 6.45) is 2.65. The molecule has 0 aliphatic rings. The van der Waals surface area contributed by atoms with E-state index in [1.54, 1.807) is 17.5 Å². The largest absolute Gasteiger partial charge is 0.330 e. The molecule has 0 unspecified atom stereocenters. The highest BCUT2D eigenvalue weighted by Crippen LogP contribution is 2.28. The van der Waals surface area contributed by atoms with Crippen LogP contribution in [0.3, 0.4) is 0 Å². The molecule has 0 saturated carbocycles. The van der Waals surface area contributed by atoms with Crippen LogP contribution >= 0.6 is 11.3 Å². The summed E-state index contributed by atoms with van der Waals surface area (Å²) in [6.45, 7) is 2.66. The van der Waals surface area contributed by atoms with Gasteiger partial charge in [-0.3, -0.25) is 4.98 Å². The van der Waals surface area contributed by atoms with Gasteiger partial charge in [0, 0.05) is 12.6 Å². The van der Waals surface area contributed by atoms with Crippen molar-refractivity contribution in [3.8, 4) is 10.6 Å². The molecule has 0 amide bonds. The van der Waals surface area contributed by atoms with Gasteiger partial charge in [0.25, 0.3) is 0 Å². The first-order chi connectivity index (χ1) is 7.31. The lowest BCUT2D eigenvalue weighted by atomic mass is 10.3. The summed E-state index contributed by atoms with van der Waals surface area (Å²) in [5.74, 6) is 0. The number of hydrogen-bond donors (Lipinski definition) is 1. The van der Waals surface area contributed by atoms with E-state index in [9.17, 15) is 0 Å². The predicted molar refractivity (Wildman–Crippen MR) is 62.8 cm³/mol. The second-order valence-corrected chi connectivity index (χ2v) is 4.36. The van der Waals surface area contributed by atoms with Gasteiger partial charge in [0.1, 0.15) is 0 Å². The van der Waals surface area contributed by atoms with Gasteiger partial charge in [-0.2, -0.15) is 0 Å². The Kier molecular flexibility index (Phi) is 3.08. The summed E-state index contributed by atoms with van der Waals surface area (Å²) in [5.41, 5.74) is 7.55. The molecule has 0 aromatic carbocycles. The Balaban J connectivity index is 2.36. The van der Waals surface area contributed by atoms with Gasteiger partial charge in [0.15, 0.2) is 0 Å². The number of aromatic nitrogens is 2. The zero-order chi connectivity index (χ0) is 10.7. The maximum atomic E-state index is 5.51. The van der Waals surface area contributed by atoms with Crippen LogP contribution < -0.4 is 5.73 Å². The first-order valence-electron chi connectivity index (χ1n) is 4.89. The molecule has 0 atom stereocenters. The zero-order valence-corrected chi connectivity index (χ0v) is 9.42. The van der Waals surface area contributed by atoms with E-state index in [2.05, 4.69) is 9.97 Å². The van der Waals surface area contributed by atoms with Crippen molar-refractivity contribution >= 4 is 11.3 Å². The monoisotopic (exact) mass is 219 g/mol. The average Bonchev–Trinajstić information content (AvgIpc) is 2.61. The lowest BCUT2D eigenvalue weighted by Crippen LogP contribution is -2.01. The Morgan fingerprint density at radius 2 is 2.27 bits per heavy atom. The van der Waals surface area contributed by atoms with Crippen LogP contribution in [-0.4, -0.2) is 16.5 Å². The maximum Gasteiger partial charge on any atom is 0.0947 e. The molecular weight excluding hydrogens is 206 g/mol. The number of nitrogens with zero attached hydrogens (tertiary/aromatic N) is 2. The molecule has 78 valence electrons. The third-order valence-electron chi connectivity index (χ3n) is 2.10. The second-order valence-electron chi connectivity index (χ2n) is 3.28. The summed E-state index contributed by atoms with van der Waals surface area (Å²) < 4.78 is 0. The van der Waals surface area contributed by atoms with Crippen molar-refractivity contribution in [2.45, 2.75) is 13.3 Å². The van der Waals surface area contributed by atoms with E-state index in [4.69, 9.17) is 5.73 Å². The summed E-state index contributed by atoms with van der Waals surface area (Å²) in [6, 6.07) is 5.91. The molecule has 15 heavy (non-hydrogen) atoms. The van der Waals surface area contributed by atoms with E-state index in [0.717, 1.165) is 27.7 Å². The van der Waals surface area contributed by atoms with Gasteiger partial charge in [0.05, 0.1) is 21.3 Å². The Morgan fingerprint density at radius 3 is 2.93 bits per heavy atom. The first-order valence-corrected chi connectivity index (χ1v) is 5.70. The Hall–Kier alpha value is -1.26. The molecule has 2 rings (SSSR count). The van der Waals surface area contributed by atoms with Crippen molar-refractivity contribution < 1.29 is 0 Å². The quantitative estimate of drug-likeness (QED) is 0.859. The van der Waals surface area contributed by atoms with Crippen LogP contribution in [0.1, 0.15) is 10.7 Å². The van der Waals surface area contributed by atoms with Crippen LogP contribution in [0.5, 0.6) is 0 Å². The van der Waals surface area contributed by atoms with Crippen LogP contribution in [0.15, 0.2) is 24.4 Å². The Labute approximate surface area is 93.0 Å². The smallest absolute Gasteiger partial charge is 0.0947 e. The minimum Gasteiger partial charge on any atom is -0.330 e. The fraction of sp³-hybridized carbons (Fsp3) is 0.273. The lowest BCUT2D eigenvalue weighted by Gasteiger charge is -1.95. The summed E-state index contributed by atoms with van der Waals surface area (Å²) in [5, 5.41) is 1.09. The van der Waals surface area contributed by atoms with Gasteiger partial charge in [-0.1, -0.05) is 6.07 Å². The molecule has 0 radical (unpaired) electrons. The summed E-state index contributed by atoms with van der Waals surface area (Å²) in [7, 11) is 0. The van der Waals surface area contributed by atoms with Crippen LogP contribution in [0.25, 0.3) is 10.6 Å². The van der Waals surface area contributed by atoms with Crippen molar-refractivity contribution in [3.63, 3.8) is 0 Å². The third-order valence-corrected chi connectivity index (χ3v) is 3.34. The van der Waals surface area contributed by atoms with Gasteiger partial charge in [0.2, 0.25) is 0 Å². The number of pyridine rings is 1. The topological polar surface area (TPSA) is 51.8 Å². The van der Waals surface area contributed by atoms with Crippen LogP contribution in [-0.2, 0) is 6.42 Å². The Morgan fingerprint density at radius 1 is 1.40 bits per heavy atom. The molecule has 2 heterocycles. The summed E-state index contributed by atoms with van der Waals surface area (Å²) in [4.78, 5) is 9.95.